The van der Waals surface area contributed by atoms with Crippen LogP contribution in [0.15, 0.2) is 0 Å². The fourth-order valence-electron chi connectivity index (χ4n) is 1.78. The lowest BCUT2D eigenvalue weighted by atomic mass is 10.4. The van der Waals surface area contributed by atoms with Gasteiger partial charge in [0.25, 0.3) is 0 Å². The maximum absolute atomic E-state index is 2.40. The quantitative estimate of drug-likeness (QED) is 0.490. The molecule has 2 saturated carbocycles. The van der Waals surface area contributed by atoms with Crippen LogP contribution in [0.3, 0.4) is 0 Å². The number of hydrogen-bond donors (Lipinski definition) is 0. The predicted molar refractivity (Wildman–Crippen MR) is 38.2 cm³/mol. The number of quaternary nitrogens is 1. The second-order valence-electron chi connectivity index (χ2n) is 4.09. The molecule has 2 aliphatic carbocycles. The molecule has 0 heterocycles. The molecule has 0 atom stereocenters. The van der Waals surface area contributed by atoms with Crippen LogP contribution in [0.5, 0.6) is 0 Å². The Balaban J connectivity index is 2.01. The van der Waals surface area contributed by atoms with Gasteiger partial charge in [-0.05, 0) is 0 Å². The van der Waals surface area contributed by atoms with Crippen LogP contribution >= 0.6 is 0 Å². The molecule has 0 aromatic heterocycles. The van der Waals surface area contributed by atoms with Gasteiger partial charge >= 0.3 is 0 Å². The molecular formula is C8H16N+. The smallest absolute Gasteiger partial charge is 0.0892 e. The second-order valence-corrected chi connectivity index (χ2v) is 4.09. The lowest BCUT2D eigenvalue weighted by Gasteiger charge is -2.29. The highest BCUT2D eigenvalue weighted by atomic mass is 15.4. The van der Waals surface area contributed by atoms with Gasteiger partial charge < -0.3 is 4.48 Å². The minimum atomic E-state index is 1.04. The molecular weight excluding hydrogens is 110 g/mol. The van der Waals surface area contributed by atoms with E-state index in [0.717, 1.165) is 12.1 Å². The Bertz CT molecular complexity index is 107. The second kappa shape index (κ2) is 1.51. The minimum absolute atomic E-state index is 1.04. The van der Waals surface area contributed by atoms with Crippen LogP contribution in [0.2, 0.25) is 0 Å². The first-order chi connectivity index (χ1) is 4.21. The van der Waals surface area contributed by atoms with Crippen molar-refractivity contribution in [1.29, 1.82) is 0 Å². The summed E-state index contributed by atoms with van der Waals surface area (Å²) >= 11 is 0. The van der Waals surface area contributed by atoms with Gasteiger partial charge in [0, 0.05) is 25.7 Å². The van der Waals surface area contributed by atoms with Gasteiger partial charge in [-0.15, -0.1) is 0 Å². The summed E-state index contributed by atoms with van der Waals surface area (Å²) in [6.45, 7) is 0. The Morgan fingerprint density at radius 2 is 1.22 bits per heavy atom. The highest BCUT2D eigenvalue weighted by molar-refractivity contribution is 4.82. The van der Waals surface area contributed by atoms with Gasteiger partial charge in [-0.25, -0.2) is 0 Å². The van der Waals surface area contributed by atoms with E-state index >= 15 is 0 Å². The average Bonchev–Trinajstić information content (AvgIpc) is 2.62. The maximum Gasteiger partial charge on any atom is 0.0892 e. The number of rotatable bonds is 2. The van der Waals surface area contributed by atoms with Gasteiger partial charge in [0.05, 0.1) is 26.2 Å². The van der Waals surface area contributed by atoms with Crippen molar-refractivity contribution in [2.45, 2.75) is 37.8 Å². The zero-order valence-electron chi connectivity index (χ0n) is 6.43. The highest BCUT2D eigenvalue weighted by Crippen LogP contribution is 2.41. The first kappa shape index (κ1) is 5.72. The number of nitrogens with zero attached hydrogens (tertiary/aromatic N) is 1. The fraction of sp³-hybridized carbons (Fsp3) is 1.00. The molecule has 0 N–H and O–H groups in total. The van der Waals surface area contributed by atoms with Crippen LogP contribution < -0.4 is 0 Å². The molecule has 52 valence electrons. The van der Waals surface area contributed by atoms with Crippen molar-refractivity contribution in [2.24, 2.45) is 0 Å². The summed E-state index contributed by atoms with van der Waals surface area (Å²) in [5.74, 6) is 0. The largest absolute Gasteiger partial charge is 0.324 e. The Labute approximate surface area is 57.3 Å². The minimum Gasteiger partial charge on any atom is -0.324 e. The Morgan fingerprint density at radius 3 is 1.44 bits per heavy atom. The molecule has 2 rings (SSSR count). The monoisotopic (exact) mass is 126 g/mol. The standard InChI is InChI=1S/C8H16N/c1-9(2,7-3-4-7)8-5-6-8/h7-8H,3-6H2,1-2H3/q+1. The summed E-state index contributed by atoms with van der Waals surface area (Å²) in [4.78, 5) is 0. The molecule has 1 heteroatoms. The Kier molecular flexibility index (Phi) is 0.963. The molecule has 0 unspecified atom stereocenters. The topological polar surface area (TPSA) is 0 Å². The summed E-state index contributed by atoms with van der Waals surface area (Å²) in [6, 6.07) is 2.08. The predicted octanol–water partition coefficient (Wildman–Crippen LogP) is 1.39. The molecule has 0 aromatic rings. The summed E-state index contributed by atoms with van der Waals surface area (Å²) < 4.78 is 1.33. The molecule has 0 spiro atoms. The van der Waals surface area contributed by atoms with Crippen LogP contribution in [0, 0.1) is 0 Å². The molecule has 0 saturated heterocycles. The van der Waals surface area contributed by atoms with E-state index in [-0.39, 0.29) is 0 Å². The SMILES string of the molecule is C[N+](C)(C1CC1)C1CC1. The van der Waals surface area contributed by atoms with Crippen LogP contribution in [0.4, 0.5) is 0 Å². The van der Waals surface area contributed by atoms with E-state index in [2.05, 4.69) is 14.1 Å². The molecule has 0 aromatic carbocycles. The molecule has 9 heavy (non-hydrogen) atoms. The van der Waals surface area contributed by atoms with Crippen LogP contribution in [0.1, 0.15) is 25.7 Å². The maximum atomic E-state index is 2.40. The van der Waals surface area contributed by atoms with Gasteiger partial charge in [0.2, 0.25) is 0 Å². The van der Waals surface area contributed by atoms with Crippen molar-refractivity contribution in [3.8, 4) is 0 Å². The molecule has 2 fully saturated rings. The van der Waals surface area contributed by atoms with Crippen LogP contribution in [-0.2, 0) is 0 Å². The molecule has 0 aliphatic heterocycles. The van der Waals surface area contributed by atoms with Crippen molar-refractivity contribution >= 4 is 0 Å². The van der Waals surface area contributed by atoms with Gasteiger partial charge in [0.15, 0.2) is 0 Å². The summed E-state index contributed by atoms with van der Waals surface area (Å²) in [5.41, 5.74) is 0. The van der Waals surface area contributed by atoms with Gasteiger partial charge in [-0.2, -0.15) is 0 Å². The van der Waals surface area contributed by atoms with Gasteiger partial charge in [-0.3, -0.25) is 0 Å². The van der Waals surface area contributed by atoms with Crippen molar-refractivity contribution in [3.05, 3.63) is 0 Å². The normalized spacial score (nSPS) is 28.7. The van der Waals surface area contributed by atoms with E-state index in [0.29, 0.717) is 0 Å². The summed E-state index contributed by atoms with van der Waals surface area (Å²) in [5, 5.41) is 0. The van der Waals surface area contributed by atoms with Crippen molar-refractivity contribution in [2.75, 3.05) is 14.1 Å². The highest BCUT2D eigenvalue weighted by Gasteiger charge is 2.48. The number of hydrogen-bond acceptors (Lipinski definition) is 0. The fourth-order valence-corrected chi connectivity index (χ4v) is 1.78. The van der Waals surface area contributed by atoms with E-state index in [1.807, 2.05) is 0 Å². The zero-order chi connectivity index (χ0) is 6.48. The zero-order valence-corrected chi connectivity index (χ0v) is 6.43. The third-order valence-electron chi connectivity index (χ3n) is 2.98. The Morgan fingerprint density at radius 1 is 0.889 bits per heavy atom. The van der Waals surface area contributed by atoms with E-state index in [9.17, 15) is 0 Å². The van der Waals surface area contributed by atoms with Crippen LogP contribution in [-0.4, -0.2) is 30.7 Å². The van der Waals surface area contributed by atoms with Gasteiger partial charge in [-0.1, -0.05) is 0 Å². The molecule has 1 nitrogen and oxygen atoms in total. The lowest BCUT2D eigenvalue weighted by Crippen LogP contribution is -2.43. The Hall–Kier alpha value is -0.0400. The molecule has 0 bridgehead atoms. The molecule has 0 radical (unpaired) electrons. The first-order valence-electron chi connectivity index (χ1n) is 4.04. The van der Waals surface area contributed by atoms with Crippen molar-refractivity contribution < 1.29 is 4.48 Å². The third kappa shape index (κ3) is 0.877. The third-order valence-corrected chi connectivity index (χ3v) is 2.98. The first-order valence-corrected chi connectivity index (χ1v) is 4.04. The van der Waals surface area contributed by atoms with Gasteiger partial charge in [0.1, 0.15) is 0 Å². The van der Waals surface area contributed by atoms with E-state index in [4.69, 9.17) is 0 Å². The lowest BCUT2D eigenvalue weighted by molar-refractivity contribution is -0.911. The van der Waals surface area contributed by atoms with Crippen LogP contribution in [0.25, 0.3) is 0 Å². The van der Waals surface area contributed by atoms with E-state index < -0.39 is 0 Å². The average molecular weight is 126 g/mol. The summed E-state index contributed by atoms with van der Waals surface area (Å²) in [6.07, 6.45) is 5.96. The van der Waals surface area contributed by atoms with E-state index in [1.165, 1.54) is 30.2 Å². The van der Waals surface area contributed by atoms with E-state index in [1.54, 1.807) is 0 Å². The molecule has 0 amide bonds. The van der Waals surface area contributed by atoms with Crippen molar-refractivity contribution in [1.82, 2.24) is 0 Å². The van der Waals surface area contributed by atoms with Crippen molar-refractivity contribution in [3.63, 3.8) is 0 Å². The molecule has 2 aliphatic rings. The summed E-state index contributed by atoms with van der Waals surface area (Å²) in [7, 11) is 4.80.